The summed E-state index contributed by atoms with van der Waals surface area (Å²) in [5.74, 6) is 0.185. The van der Waals surface area contributed by atoms with Crippen LogP contribution in [0.5, 0.6) is 0 Å². The van der Waals surface area contributed by atoms with Crippen molar-refractivity contribution in [2.75, 3.05) is 19.6 Å². The molecule has 0 saturated carbocycles. The Balaban J connectivity index is 0.00000261. The van der Waals surface area contributed by atoms with Crippen LogP contribution >= 0.6 is 12.4 Å². The van der Waals surface area contributed by atoms with E-state index in [0.29, 0.717) is 36.7 Å². The lowest BCUT2D eigenvalue weighted by Gasteiger charge is -2.32. The number of nitrogens with zero attached hydrogens (tertiary/aromatic N) is 1. The summed E-state index contributed by atoms with van der Waals surface area (Å²) < 4.78 is 25.4. The second kappa shape index (κ2) is 9.35. The van der Waals surface area contributed by atoms with E-state index >= 15 is 0 Å². The normalized spacial score (nSPS) is 15.2. The van der Waals surface area contributed by atoms with Crippen LogP contribution < -0.4 is 5.73 Å². The Morgan fingerprint density at radius 3 is 2.22 bits per heavy atom. The first-order valence-corrected chi connectivity index (χ1v) is 10.5. The molecule has 0 atom stereocenters. The smallest absolute Gasteiger partial charge is 0.254 e. The van der Waals surface area contributed by atoms with Crippen LogP contribution in [0.15, 0.2) is 59.5 Å². The van der Waals surface area contributed by atoms with Crippen LogP contribution in [-0.4, -0.2) is 38.9 Å². The highest BCUT2D eigenvalue weighted by atomic mass is 35.5. The van der Waals surface area contributed by atoms with Crippen LogP contribution in [0.2, 0.25) is 0 Å². The standard InChI is InChI=1S/C20H24N2O3S.ClH/c21-14-16-10-12-22(13-11-16)20(23)19-9-5-4-6-17(19)15-26(24,25)18-7-2-1-3-8-18;/h1-9,16H,10-15,21H2;1H. The minimum absolute atomic E-state index is 0. The van der Waals surface area contributed by atoms with Crippen molar-refractivity contribution in [1.29, 1.82) is 0 Å². The van der Waals surface area contributed by atoms with E-state index in [0.717, 1.165) is 12.8 Å². The number of benzene rings is 2. The van der Waals surface area contributed by atoms with E-state index < -0.39 is 9.84 Å². The van der Waals surface area contributed by atoms with E-state index in [9.17, 15) is 13.2 Å². The van der Waals surface area contributed by atoms with Gasteiger partial charge in [0.15, 0.2) is 9.84 Å². The van der Waals surface area contributed by atoms with Crippen molar-refractivity contribution in [2.45, 2.75) is 23.5 Å². The van der Waals surface area contributed by atoms with Crippen LogP contribution in [0.1, 0.15) is 28.8 Å². The molecule has 1 amide bonds. The lowest BCUT2D eigenvalue weighted by Crippen LogP contribution is -2.40. The van der Waals surface area contributed by atoms with E-state index in [1.165, 1.54) is 0 Å². The van der Waals surface area contributed by atoms with Gasteiger partial charge in [-0.05, 0) is 49.1 Å². The molecule has 2 aromatic rings. The van der Waals surface area contributed by atoms with E-state index in [-0.39, 0.29) is 29.0 Å². The largest absolute Gasteiger partial charge is 0.339 e. The molecular formula is C20H25ClN2O3S. The fourth-order valence-electron chi connectivity index (χ4n) is 3.31. The fourth-order valence-corrected chi connectivity index (χ4v) is 4.71. The van der Waals surface area contributed by atoms with Crippen LogP contribution in [0.25, 0.3) is 0 Å². The summed E-state index contributed by atoms with van der Waals surface area (Å²) in [7, 11) is -3.50. The Labute approximate surface area is 166 Å². The average Bonchev–Trinajstić information content (AvgIpc) is 2.68. The maximum Gasteiger partial charge on any atom is 0.254 e. The number of hydrogen-bond donors (Lipinski definition) is 1. The van der Waals surface area contributed by atoms with Crippen molar-refractivity contribution in [1.82, 2.24) is 4.90 Å². The van der Waals surface area contributed by atoms with E-state index in [2.05, 4.69) is 0 Å². The third kappa shape index (κ3) is 5.09. The number of nitrogens with two attached hydrogens (primary N) is 1. The number of hydrogen-bond acceptors (Lipinski definition) is 4. The molecule has 1 aliphatic heterocycles. The van der Waals surface area contributed by atoms with Crippen molar-refractivity contribution in [3.8, 4) is 0 Å². The Morgan fingerprint density at radius 1 is 1.00 bits per heavy atom. The SMILES string of the molecule is Cl.NCC1CCN(C(=O)c2ccccc2CS(=O)(=O)c2ccccc2)CC1. The molecule has 0 aromatic heterocycles. The highest BCUT2D eigenvalue weighted by Gasteiger charge is 2.26. The molecule has 27 heavy (non-hydrogen) atoms. The van der Waals surface area contributed by atoms with Crippen LogP contribution in [0.3, 0.4) is 0 Å². The van der Waals surface area contributed by atoms with E-state index in [4.69, 9.17) is 5.73 Å². The lowest BCUT2D eigenvalue weighted by atomic mass is 9.96. The minimum atomic E-state index is -3.50. The van der Waals surface area contributed by atoms with Gasteiger partial charge in [0.25, 0.3) is 5.91 Å². The fraction of sp³-hybridized carbons (Fsp3) is 0.350. The predicted octanol–water partition coefficient (Wildman–Crippen LogP) is 2.89. The molecule has 0 unspecified atom stereocenters. The number of carbonyl (C=O) groups is 1. The van der Waals surface area contributed by atoms with E-state index in [1.807, 2.05) is 0 Å². The number of likely N-dealkylation sites (tertiary alicyclic amines) is 1. The van der Waals surface area contributed by atoms with Gasteiger partial charge in [-0.25, -0.2) is 8.42 Å². The van der Waals surface area contributed by atoms with Gasteiger partial charge in [0.1, 0.15) is 0 Å². The number of amides is 1. The van der Waals surface area contributed by atoms with E-state index in [1.54, 1.807) is 59.5 Å². The number of piperidine rings is 1. The third-order valence-electron chi connectivity index (χ3n) is 4.93. The summed E-state index contributed by atoms with van der Waals surface area (Å²) in [4.78, 5) is 15.0. The summed E-state index contributed by atoms with van der Waals surface area (Å²) >= 11 is 0. The zero-order valence-corrected chi connectivity index (χ0v) is 16.7. The van der Waals surface area contributed by atoms with Gasteiger partial charge in [0, 0.05) is 18.7 Å². The van der Waals surface area contributed by atoms with Gasteiger partial charge in [-0.2, -0.15) is 0 Å². The molecule has 146 valence electrons. The number of carbonyl (C=O) groups excluding carboxylic acids is 1. The first kappa shape index (κ1) is 21.4. The van der Waals surface area contributed by atoms with Gasteiger partial charge < -0.3 is 10.6 Å². The van der Waals surface area contributed by atoms with Crippen molar-refractivity contribution < 1.29 is 13.2 Å². The summed E-state index contributed by atoms with van der Waals surface area (Å²) in [6.45, 7) is 1.98. The maximum atomic E-state index is 12.9. The highest BCUT2D eigenvalue weighted by molar-refractivity contribution is 7.90. The molecule has 0 aliphatic carbocycles. The van der Waals surface area contributed by atoms with Gasteiger partial charge in [-0.15, -0.1) is 12.4 Å². The zero-order valence-electron chi connectivity index (χ0n) is 15.1. The zero-order chi connectivity index (χ0) is 18.6. The first-order chi connectivity index (χ1) is 12.5. The molecule has 0 spiro atoms. The van der Waals surface area contributed by atoms with Gasteiger partial charge >= 0.3 is 0 Å². The summed E-state index contributed by atoms with van der Waals surface area (Å²) in [6.07, 6.45) is 1.79. The molecule has 2 N–H and O–H groups in total. The quantitative estimate of drug-likeness (QED) is 0.824. The maximum absolute atomic E-state index is 12.9. The lowest BCUT2D eigenvalue weighted by molar-refractivity contribution is 0.0692. The van der Waals surface area contributed by atoms with Gasteiger partial charge in [-0.1, -0.05) is 36.4 Å². The second-order valence-corrected chi connectivity index (χ2v) is 8.69. The molecule has 5 nitrogen and oxygen atoms in total. The molecule has 0 radical (unpaired) electrons. The molecule has 1 saturated heterocycles. The summed E-state index contributed by atoms with van der Waals surface area (Å²) in [5, 5.41) is 0. The number of halogens is 1. The molecule has 2 aromatic carbocycles. The Kier molecular flexibility index (Phi) is 7.41. The highest BCUT2D eigenvalue weighted by Crippen LogP contribution is 2.22. The Morgan fingerprint density at radius 2 is 1.59 bits per heavy atom. The van der Waals surface area contributed by atoms with Gasteiger partial charge in [0.05, 0.1) is 10.6 Å². The topological polar surface area (TPSA) is 80.5 Å². The second-order valence-electron chi connectivity index (χ2n) is 6.70. The summed E-state index contributed by atoms with van der Waals surface area (Å²) in [6, 6.07) is 15.3. The molecule has 0 bridgehead atoms. The molecule has 3 rings (SSSR count). The molecular weight excluding hydrogens is 384 g/mol. The Hall–Kier alpha value is -1.89. The van der Waals surface area contributed by atoms with Crippen molar-refractivity contribution in [3.63, 3.8) is 0 Å². The number of sulfone groups is 1. The number of rotatable bonds is 5. The Bertz CT molecular complexity index is 864. The monoisotopic (exact) mass is 408 g/mol. The van der Waals surface area contributed by atoms with Gasteiger partial charge in [-0.3, -0.25) is 4.79 Å². The third-order valence-corrected chi connectivity index (χ3v) is 6.61. The minimum Gasteiger partial charge on any atom is -0.339 e. The predicted molar refractivity (Wildman–Crippen MR) is 109 cm³/mol. The van der Waals surface area contributed by atoms with Crippen molar-refractivity contribution >= 4 is 28.2 Å². The summed E-state index contributed by atoms with van der Waals surface area (Å²) in [5.41, 5.74) is 6.73. The van der Waals surface area contributed by atoms with Crippen LogP contribution in [0, 0.1) is 5.92 Å². The van der Waals surface area contributed by atoms with Crippen LogP contribution in [0.4, 0.5) is 0 Å². The van der Waals surface area contributed by atoms with Gasteiger partial charge in [0.2, 0.25) is 0 Å². The van der Waals surface area contributed by atoms with Crippen LogP contribution in [-0.2, 0) is 15.6 Å². The molecule has 1 aliphatic rings. The molecule has 1 heterocycles. The first-order valence-electron chi connectivity index (χ1n) is 8.86. The average molecular weight is 409 g/mol. The van der Waals surface area contributed by atoms with Crippen molar-refractivity contribution in [2.24, 2.45) is 11.7 Å². The van der Waals surface area contributed by atoms with Crippen molar-refractivity contribution in [3.05, 3.63) is 65.7 Å². The molecule has 7 heteroatoms. The molecule has 1 fully saturated rings.